The number of nitrogens with two attached hydrogens (primary N) is 1. The summed E-state index contributed by atoms with van der Waals surface area (Å²) < 4.78 is 1.72. The molecule has 0 fully saturated rings. The molecule has 0 saturated carbocycles. The van der Waals surface area contributed by atoms with Gasteiger partial charge in [-0.3, -0.25) is 9.78 Å². The number of nitrogens with zero attached hydrogens (tertiary/aromatic N) is 5. The second kappa shape index (κ2) is 7.25. The van der Waals surface area contributed by atoms with E-state index in [0.29, 0.717) is 29.3 Å². The standard InChI is InChI=1S/C22H17N7O/c23-20(30)15-4-1-5-18(11-15)29-22(17-10-16-6-8-25-21(16)26-13-17)27-19(28-29)9-14-3-2-7-24-12-14/h1-8,10-13H,9H2,(H2,23,30)(H,25,26). The predicted molar refractivity (Wildman–Crippen MR) is 112 cm³/mol. The highest BCUT2D eigenvalue weighted by Gasteiger charge is 2.16. The van der Waals surface area contributed by atoms with Crippen LogP contribution in [0.4, 0.5) is 0 Å². The van der Waals surface area contributed by atoms with E-state index in [4.69, 9.17) is 15.8 Å². The summed E-state index contributed by atoms with van der Waals surface area (Å²) in [6.45, 7) is 0. The van der Waals surface area contributed by atoms with Gasteiger partial charge in [-0.1, -0.05) is 12.1 Å². The van der Waals surface area contributed by atoms with Crippen LogP contribution in [0, 0.1) is 0 Å². The van der Waals surface area contributed by atoms with Crippen molar-refractivity contribution in [3.05, 3.63) is 90.3 Å². The average molecular weight is 395 g/mol. The number of rotatable bonds is 5. The van der Waals surface area contributed by atoms with Crippen molar-refractivity contribution in [3.8, 4) is 17.1 Å². The Morgan fingerprint density at radius 3 is 2.87 bits per heavy atom. The molecule has 1 amide bonds. The number of hydrogen-bond donors (Lipinski definition) is 2. The van der Waals surface area contributed by atoms with Crippen LogP contribution in [0.2, 0.25) is 0 Å². The molecule has 4 aromatic heterocycles. The van der Waals surface area contributed by atoms with Crippen molar-refractivity contribution in [3.63, 3.8) is 0 Å². The summed E-state index contributed by atoms with van der Waals surface area (Å²) in [5, 5.41) is 5.68. The third-order valence-corrected chi connectivity index (χ3v) is 4.77. The van der Waals surface area contributed by atoms with Gasteiger partial charge in [-0.2, -0.15) is 5.10 Å². The normalized spacial score (nSPS) is 11.1. The lowest BCUT2D eigenvalue weighted by molar-refractivity contribution is 0.1000. The number of amides is 1. The monoisotopic (exact) mass is 395 g/mol. The van der Waals surface area contributed by atoms with Crippen LogP contribution in [-0.2, 0) is 6.42 Å². The van der Waals surface area contributed by atoms with Crippen LogP contribution in [0.15, 0.2) is 73.3 Å². The maximum atomic E-state index is 11.7. The van der Waals surface area contributed by atoms with Crippen molar-refractivity contribution in [2.75, 3.05) is 0 Å². The van der Waals surface area contributed by atoms with Gasteiger partial charge in [-0.25, -0.2) is 14.6 Å². The van der Waals surface area contributed by atoms with Crippen LogP contribution in [0.5, 0.6) is 0 Å². The lowest BCUT2D eigenvalue weighted by atomic mass is 10.2. The van der Waals surface area contributed by atoms with Crippen molar-refractivity contribution in [1.29, 1.82) is 0 Å². The third-order valence-electron chi connectivity index (χ3n) is 4.77. The Kier molecular flexibility index (Phi) is 4.29. The number of carbonyl (C=O) groups is 1. The van der Waals surface area contributed by atoms with Gasteiger partial charge in [0.25, 0.3) is 0 Å². The van der Waals surface area contributed by atoms with E-state index in [-0.39, 0.29) is 0 Å². The Bertz CT molecular complexity index is 1350. The number of pyridine rings is 2. The molecule has 5 aromatic rings. The van der Waals surface area contributed by atoms with E-state index < -0.39 is 5.91 Å². The number of aromatic amines is 1. The zero-order valence-corrected chi connectivity index (χ0v) is 15.9. The van der Waals surface area contributed by atoms with Gasteiger partial charge in [0.2, 0.25) is 5.91 Å². The van der Waals surface area contributed by atoms with E-state index in [0.717, 1.165) is 22.2 Å². The second-order valence-electron chi connectivity index (χ2n) is 6.86. The van der Waals surface area contributed by atoms with Crippen LogP contribution >= 0.6 is 0 Å². The summed E-state index contributed by atoms with van der Waals surface area (Å²) >= 11 is 0. The van der Waals surface area contributed by atoms with E-state index in [1.165, 1.54) is 0 Å². The molecule has 3 N–H and O–H groups in total. The van der Waals surface area contributed by atoms with Crippen LogP contribution in [0.25, 0.3) is 28.1 Å². The first kappa shape index (κ1) is 17.7. The Hall–Kier alpha value is -4.33. The maximum Gasteiger partial charge on any atom is 0.248 e. The fourth-order valence-electron chi connectivity index (χ4n) is 3.33. The number of carbonyl (C=O) groups excluding carboxylic acids is 1. The lowest BCUT2D eigenvalue weighted by Crippen LogP contribution is -2.11. The molecule has 0 saturated heterocycles. The molecular weight excluding hydrogens is 378 g/mol. The van der Waals surface area contributed by atoms with E-state index in [1.807, 2.05) is 36.5 Å². The van der Waals surface area contributed by atoms with Gasteiger partial charge in [0.15, 0.2) is 11.6 Å². The molecule has 0 radical (unpaired) electrons. The minimum Gasteiger partial charge on any atom is -0.366 e. The Labute approximate surface area is 171 Å². The quantitative estimate of drug-likeness (QED) is 0.475. The minimum atomic E-state index is -0.496. The first-order valence-electron chi connectivity index (χ1n) is 9.36. The summed E-state index contributed by atoms with van der Waals surface area (Å²) in [5.74, 6) is 0.771. The summed E-state index contributed by atoms with van der Waals surface area (Å²) in [6, 6.07) is 14.8. The molecule has 0 aliphatic heterocycles. The smallest absolute Gasteiger partial charge is 0.248 e. The number of hydrogen-bond acceptors (Lipinski definition) is 5. The van der Waals surface area contributed by atoms with Crippen molar-refractivity contribution in [2.24, 2.45) is 5.73 Å². The Balaban J connectivity index is 1.65. The average Bonchev–Trinajstić information content (AvgIpc) is 3.41. The van der Waals surface area contributed by atoms with E-state index >= 15 is 0 Å². The number of fused-ring (bicyclic) bond motifs is 1. The van der Waals surface area contributed by atoms with Gasteiger partial charge in [0, 0.05) is 47.7 Å². The molecular formula is C22H17N7O. The predicted octanol–water partition coefficient (Wildman–Crippen LogP) is 2.90. The van der Waals surface area contributed by atoms with Crippen molar-refractivity contribution < 1.29 is 4.79 Å². The molecule has 8 heteroatoms. The minimum absolute atomic E-state index is 0.405. The van der Waals surface area contributed by atoms with E-state index in [9.17, 15) is 4.79 Å². The van der Waals surface area contributed by atoms with Gasteiger partial charge < -0.3 is 10.7 Å². The Morgan fingerprint density at radius 2 is 2.03 bits per heavy atom. The van der Waals surface area contributed by atoms with Crippen molar-refractivity contribution >= 4 is 16.9 Å². The molecule has 0 atom stereocenters. The van der Waals surface area contributed by atoms with Crippen LogP contribution in [0.1, 0.15) is 21.7 Å². The molecule has 4 heterocycles. The van der Waals surface area contributed by atoms with Gasteiger partial charge in [0.05, 0.1) is 5.69 Å². The molecule has 0 spiro atoms. The number of H-pyrrole nitrogens is 1. The number of primary amides is 1. The molecule has 5 rings (SSSR count). The Morgan fingerprint density at radius 1 is 1.10 bits per heavy atom. The van der Waals surface area contributed by atoms with E-state index in [2.05, 4.69) is 15.0 Å². The third kappa shape index (κ3) is 3.30. The zero-order valence-electron chi connectivity index (χ0n) is 15.9. The first-order chi connectivity index (χ1) is 14.7. The lowest BCUT2D eigenvalue weighted by Gasteiger charge is -2.07. The van der Waals surface area contributed by atoms with Gasteiger partial charge >= 0.3 is 0 Å². The van der Waals surface area contributed by atoms with Crippen LogP contribution < -0.4 is 5.73 Å². The summed E-state index contributed by atoms with van der Waals surface area (Å²) in [7, 11) is 0. The van der Waals surface area contributed by atoms with Crippen LogP contribution in [0.3, 0.4) is 0 Å². The molecule has 0 bridgehead atoms. The molecule has 1 aromatic carbocycles. The van der Waals surface area contributed by atoms with Crippen LogP contribution in [-0.4, -0.2) is 35.6 Å². The molecule has 8 nitrogen and oxygen atoms in total. The number of nitrogens with one attached hydrogen (secondary N) is 1. The zero-order chi connectivity index (χ0) is 20.5. The van der Waals surface area contributed by atoms with Gasteiger partial charge in [0.1, 0.15) is 5.65 Å². The molecule has 0 aliphatic rings. The maximum absolute atomic E-state index is 11.7. The molecule has 30 heavy (non-hydrogen) atoms. The van der Waals surface area contributed by atoms with Crippen molar-refractivity contribution in [2.45, 2.75) is 6.42 Å². The van der Waals surface area contributed by atoms with Gasteiger partial charge in [-0.15, -0.1) is 0 Å². The summed E-state index contributed by atoms with van der Waals surface area (Å²) in [5.41, 5.74) is 9.19. The largest absolute Gasteiger partial charge is 0.366 e. The number of aromatic nitrogens is 6. The van der Waals surface area contributed by atoms with Gasteiger partial charge in [-0.05, 0) is 42.0 Å². The highest BCUT2D eigenvalue weighted by molar-refractivity contribution is 5.93. The van der Waals surface area contributed by atoms with Crippen molar-refractivity contribution in [1.82, 2.24) is 29.7 Å². The highest BCUT2D eigenvalue weighted by atomic mass is 16.1. The highest BCUT2D eigenvalue weighted by Crippen LogP contribution is 2.24. The topological polar surface area (TPSA) is 115 Å². The molecule has 0 aliphatic carbocycles. The SMILES string of the molecule is NC(=O)c1cccc(-n2nc(Cc3cccnc3)nc2-c2cnc3[nH]ccc3c2)c1. The number of benzene rings is 1. The fraction of sp³-hybridized carbons (Fsp3) is 0.0455. The summed E-state index contributed by atoms with van der Waals surface area (Å²) in [6.07, 6.45) is 7.65. The molecule has 146 valence electrons. The van der Waals surface area contributed by atoms with E-state index in [1.54, 1.807) is 41.5 Å². The fourth-order valence-corrected chi connectivity index (χ4v) is 3.33. The second-order valence-corrected chi connectivity index (χ2v) is 6.86. The first-order valence-corrected chi connectivity index (χ1v) is 9.36. The molecule has 0 unspecified atom stereocenters. The summed E-state index contributed by atoms with van der Waals surface area (Å²) in [4.78, 5) is 28.2.